The second-order valence-corrected chi connectivity index (χ2v) is 6.10. The van der Waals surface area contributed by atoms with Crippen molar-refractivity contribution in [1.82, 2.24) is 10.3 Å². The lowest BCUT2D eigenvalue weighted by atomic mass is 9.93. The Bertz CT molecular complexity index is 406. The number of nitrogens with one attached hydrogen (secondary N) is 1. The van der Waals surface area contributed by atoms with Crippen LogP contribution in [0.15, 0.2) is 18.3 Å². The Labute approximate surface area is 122 Å². The minimum Gasteiger partial charge on any atom is -0.390 e. The first-order valence-corrected chi connectivity index (χ1v) is 7.68. The molecule has 20 heavy (non-hydrogen) atoms. The van der Waals surface area contributed by atoms with Gasteiger partial charge in [-0.3, -0.25) is 4.98 Å². The van der Waals surface area contributed by atoms with Gasteiger partial charge in [0.25, 0.3) is 0 Å². The molecule has 2 rings (SSSR count). The zero-order chi connectivity index (χ0) is 14.6. The number of nitrogens with zero attached hydrogens (tertiary/aromatic N) is 2. The standard InChI is InChI=1S/C16H27N3O/c1-4-9-17-13(2)15-6-5-14(12-18-15)19-10-7-16(3,20)8-11-19/h5-6,12-13,17,20H,4,7-11H2,1-3H3. The van der Waals surface area contributed by atoms with Gasteiger partial charge in [-0.25, -0.2) is 0 Å². The molecule has 2 heterocycles. The maximum atomic E-state index is 9.99. The number of aromatic nitrogens is 1. The number of hydrogen-bond donors (Lipinski definition) is 2. The number of aliphatic hydroxyl groups is 1. The third-order valence-electron chi connectivity index (χ3n) is 4.12. The van der Waals surface area contributed by atoms with Gasteiger partial charge in [0.05, 0.1) is 23.2 Å². The van der Waals surface area contributed by atoms with Crippen molar-refractivity contribution in [3.8, 4) is 0 Å². The predicted molar refractivity (Wildman–Crippen MR) is 83.0 cm³/mol. The summed E-state index contributed by atoms with van der Waals surface area (Å²) < 4.78 is 0. The predicted octanol–water partition coefficient (Wildman–Crippen LogP) is 2.49. The highest BCUT2D eigenvalue weighted by molar-refractivity contribution is 5.45. The molecule has 0 aliphatic carbocycles. The average molecular weight is 277 g/mol. The molecule has 0 saturated carbocycles. The van der Waals surface area contributed by atoms with E-state index >= 15 is 0 Å². The van der Waals surface area contributed by atoms with Crippen LogP contribution in [0.25, 0.3) is 0 Å². The summed E-state index contributed by atoms with van der Waals surface area (Å²) in [6, 6.07) is 4.55. The number of anilines is 1. The minimum atomic E-state index is -0.498. The SMILES string of the molecule is CCCNC(C)c1ccc(N2CCC(C)(O)CC2)cn1. The van der Waals surface area contributed by atoms with Gasteiger partial charge in [0.2, 0.25) is 0 Å². The molecule has 2 N–H and O–H groups in total. The molecule has 1 fully saturated rings. The third-order valence-corrected chi connectivity index (χ3v) is 4.12. The van der Waals surface area contributed by atoms with Crippen LogP contribution < -0.4 is 10.2 Å². The highest BCUT2D eigenvalue weighted by Gasteiger charge is 2.27. The molecule has 0 radical (unpaired) electrons. The van der Waals surface area contributed by atoms with Crippen LogP contribution in [0, 0.1) is 0 Å². The summed E-state index contributed by atoms with van der Waals surface area (Å²) in [4.78, 5) is 6.88. The van der Waals surface area contributed by atoms with Crippen molar-refractivity contribution < 1.29 is 5.11 Å². The fraction of sp³-hybridized carbons (Fsp3) is 0.688. The Morgan fingerprint density at radius 1 is 1.40 bits per heavy atom. The molecule has 1 aliphatic heterocycles. The average Bonchev–Trinajstić information content (AvgIpc) is 2.45. The van der Waals surface area contributed by atoms with Gasteiger partial charge in [0.15, 0.2) is 0 Å². The Morgan fingerprint density at radius 3 is 2.65 bits per heavy atom. The van der Waals surface area contributed by atoms with E-state index in [4.69, 9.17) is 0 Å². The maximum absolute atomic E-state index is 9.99. The third kappa shape index (κ3) is 3.93. The highest BCUT2D eigenvalue weighted by atomic mass is 16.3. The lowest BCUT2D eigenvalue weighted by Gasteiger charge is -2.37. The molecule has 4 nitrogen and oxygen atoms in total. The summed E-state index contributed by atoms with van der Waals surface area (Å²) in [5, 5.41) is 13.4. The van der Waals surface area contributed by atoms with Gasteiger partial charge in [-0.15, -0.1) is 0 Å². The summed E-state index contributed by atoms with van der Waals surface area (Å²) in [7, 11) is 0. The van der Waals surface area contributed by atoms with Crippen LogP contribution >= 0.6 is 0 Å². The molecule has 1 atom stereocenters. The van der Waals surface area contributed by atoms with Crippen LogP contribution in [0.3, 0.4) is 0 Å². The monoisotopic (exact) mass is 277 g/mol. The van der Waals surface area contributed by atoms with Crippen molar-refractivity contribution in [1.29, 1.82) is 0 Å². The van der Waals surface area contributed by atoms with Gasteiger partial charge >= 0.3 is 0 Å². The summed E-state index contributed by atoms with van der Waals surface area (Å²) in [5.74, 6) is 0. The second-order valence-electron chi connectivity index (χ2n) is 6.10. The Balaban J connectivity index is 1.95. The molecule has 1 unspecified atom stereocenters. The zero-order valence-corrected chi connectivity index (χ0v) is 12.9. The first kappa shape index (κ1) is 15.3. The van der Waals surface area contributed by atoms with E-state index in [2.05, 4.69) is 41.2 Å². The van der Waals surface area contributed by atoms with E-state index in [0.717, 1.165) is 50.3 Å². The van der Waals surface area contributed by atoms with Crippen LogP contribution in [0.1, 0.15) is 51.8 Å². The van der Waals surface area contributed by atoms with Gasteiger partial charge in [-0.05, 0) is 51.8 Å². The number of pyridine rings is 1. The van der Waals surface area contributed by atoms with Crippen LogP contribution in [0.4, 0.5) is 5.69 Å². The smallest absolute Gasteiger partial charge is 0.0653 e. The van der Waals surface area contributed by atoms with Gasteiger partial charge in [-0.1, -0.05) is 6.92 Å². The Kier molecular flexibility index (Phi) is 5.00. The Morgan fingerprint density at radius 2 is 2.10 bits per heavy atom. The topological polar surface area (TPSA) is 48.4 Å². The molecule has 4 heteroatoms. The Hall–Kier alpha value is -1.13. The fourth-order valence-electron chi connectivity index (χ4n) is 2.55. The van der Waals surface area contributed by atoms with Gasteiger partial charge in [0.1, 0.15) is 0 Å². The summed E-state index contributed by atoms with van der Waals surface area (Å²) in [5.41, 5.74) is 1.75. The molecule has 0 amide bonds. The number of rotatable bonds is 5. The van der Waals surface area contributed by atoms with E-state index in [1.807, 2.05) is 13.1 Å². The van der Waals surface area contributed by atoms with Crippen LogP contribution in [-0.4, -0.2) is 35.3 Å². The summed E-state index contributed by atoms with van der Waals surface area (Å²) >= 11 is 0. The number of hydrogen-bond acceptors (Lipinski definition) is 4. The molecule has 1 aromatic heterocycles. The largest absolute Gasteiger partial charge is 0.390 e. The molecule has 0 aromatic carbocycles. The van der Waals surface area contributed by atoms with Crippen molar-refractivity contribution in [3.05, 3.63) is 24.0 Å². The molecule has 0 spiro atoms. The lowest BCUT2D eigenvalue weighted by Crippen LogP contribution is -2.42. The quantitative estimate of drug-likeness (QED) is 0.868. The van der Waals surface area contributed by atoms with E-state index in [1.165, 1.54) is 0 Å². The van der Waals surface area contributed by atoms with Gasteiger partial charge < -0.3 is 15.3 Å². The van der Waals surface area contributed by atoms with E-state index in [9.17, 15) is 5.11 Å². The molecular weight excluding hydrogens is 250 g/mol. The molecule has 0 bridgehead atoms. The van der Waals surface area contributed by atoms with Gasteiger partial charge in [-0.2, -0.15) is 0 Å². The van der Waals surface area contributed by atoms with E-state index < -0.39 is 5.60 Å². The summed E-state index contributed by atoms with van der Waals surface area (Å²) in [6.45, 7) is 9.06. The van der Waals surface area contributed by atoms with Crippen molar-refractivity contribution in [2.24, 2.45) is 0 Å². The molecule has 112 valence electrons. The molecular formula is C16H27N3O. The van der Waals surface area contributed by atoms with Crippen molar-refractivity contribution in [3.63, 3.8) is 0 Å². The van der Waals surface area contributed by atoms with E-state index in [-0.39, 0.29) is 0 Å². The van der Waals surface area contributed by atoms with Crippen LogP contribution in [0.2, 0.25) is 0 Å². The van der Waals surface area contributed by atoms with Gasteiger partial charge in [0, 0.05) is 19.1 Å². The van der Waals surface area contributed by atoms with Crippen LogP contribution in [0.5, 0.6) is 0 Å². The molecule has 1 saturated heterocycles. The first-order chi connectivity index (χ1) is 9.52. The summed E-state index contributed by atoms with van der Waals surface area (Å²) in [6.07, 6.45) is 4.74. The maximum Gasteiger partial charge on any atom is 0.0653 e. The highest BCUT2D eigenvalue weighted by Crippen LogP contribution is 2.25. The van der Waals surface area contributed by atoms with Crippen molar-refractivity contribution in [2.45, 2.75) is 51.7 Å². The van der Waals surface area contributed by atoms with Crippen molar-refractivity contribution in [2.75, 3.05) is 24.5 Å². The molecule has 1 aromatic rings. The first-order valence-electron chi connectivity index (χ1n) is 7.68. The lowest BCUT2D eigenvalue weighted by molar-refractivity contribution is 0.0351. The zero-order valence-electron chi connectivity index (χ0n) is 12.9. The second kappa shape index (κ2) is 6.55. The van der Waals surface area contributed by atoms with Crippen molar-refractivity contribution >= 4 is 5.69 Å². The van der Waals surface area contributed by atoms with Crippen LogP contribution in [-0.2, 0) is 0 Å². The van der Waals surface area contributed by atoms with E-state index in [1.54, 1.807) is 0 Å². The fourth-order valence-corrected chi connectivity index (χ4v) is 2.55. The van der Waals surface area contributed by atoms with E-state index in [0.29, 0.717) is 6.04 Å². The normalized spacial score (nSPS) is 19.9. The molecule has 1 aliphatic rings. The minimum absolute atomic E-state index is 0.297. The number of piperidine rings is 1.